The monoisotopic (exact) mass is 294 g/mol. The van der Waals surface area contributed by atoms with Crippen LogP contribution in [-0.2, 0) is 15.7 Å². The number of carbonyl (C=O) groups excluding carboxylic acids is 1. The fourth-order valence-corrected chi connectivity index (χ4v) is 1.96. The van der Waals surface area contributed by atoms with Crippen LogP contribution in [0.5, 0.6) is 0 Å². The first-order chi connectivity index (χ1) is 8.86. The van der Waals surface area contributed by atoms with Crippen molar-refractivity contribution in [2.45, 2.75) is 31.3 Å². The average Bonchev–Trinajstić information content (AvgIpc) is 2.35. The molecule has 0 aliphatic carbocycles. The normalized spacial score (nSPS) is 13.1. The highest BCUT2D eigenvalue weighted by molar-refractivity contribution is 6.21. The van der Waals surface area contributed by atoms with Crippen LogP contribution in [0, 0.1) is 0 Å². The van der Waals surface area contributed by atoms with E-state index in [0.29, 0.717) is 0 Å². The summed E-state index contributed by atoms with van der Waals surface area (Å²) in [5, 5.41) is -0.873. The summed E-state index contributed by atoms with van der Waals surface area (Å²) in [7, 11) is 0. The van der Waals surface area contributed by atoms with Gasteiger partial charge in [-0.3, -0.25) is 4.79 Å². The molecule has 0 bridgehead atoms. The highest BCUT2D eigenvalue weighted by Gasteiger charge is 2.34. The van der Waals surface area contributed by atoms with E-state index in [4.69, 9.17) is 16.3 Å². The molecule has 6 heteroatoms. The maximum absolute atomic E-state index is 12.8. The lowest BCUT2D eigenvalue weighted by Gasteiger charge is -2.16. The molecule has 2 nitrogen and oxygen atoms in total. The molecule has 1 rings (SSSR count). The maximum atomic E-state index is 12.8. The Morgan fingerprint density at radius 1 is 1.37 bits per heavy atom. The third kappa shape index (κ3) is 4.74. The molecule has 0 saturated heterocycles. The van der Waals surface area contributed by atoms with Crippen LogP contribution in [0.15, 0.2) is 24.3 Å². The van der Waals surface area contributed by atoms with Crippen molar-refractivity contribution in [2.75, 3.05) is 6.61 Å². The zero-order valence-electron chi connectivity index (χ0n) is 10.3. The van der Waals surface area contributed by atoms with E-state index in [1.54, 1.807) is 6.92 Å². The van der Waals surface area contributed by atoms with Crippen molar-refractivity contribution in [1.82, 2.24) is 0 Å². The highest BCUT2D eigenvalue weighted by atomic mass is 35.5. The second-order valence-electron chi connectivity index (χ2n) is 3.90. The number of hydrogen-bond acceptors (Lipinski definition) is 2. The fraction of sp³-hybridized carbons (Fsp3) is 0.462. The first-order valence-electron chi connectivity index (χ1n) is 5.82. The molecule has 19 heavy (non-hydrogen) atoms. The lowest BCUT2D eigenvalue weighted by Crippen LogP contribution is -2.11. The molecule has 0 aliphatic rings. The Labute approximate surface area is 114 Å². The van der Waals surface area contributed by atoms with Crippen LogP contribution in [0.1, 0.15) is 36.3 Å². The van der Waals surface area contributed by atoms with Crippen molar-refractivity contribution in [3.63, 3.8) is 0 Å². The average molecular weight is 295 g/mol. The number of esters is 1. The molecular weight excluding hydrogens is 281 g/mol. The van der Waals surface area contributed by atoms with Gasteiger partial charge in [0.15, 0.2) is 0 Å². The van der Waals surface area contributed by atoms with Gasteiger partial charge in [0.05, 0.1) is 17.5 Å². The first-order valence-corrected chi connectivity index (χ1v) is 6.25. The lowest BCUT2D eigenvalue weighted by molar-refractivity contribution is -0.143. The van der Waals surface area contributed by atoms with Crippen molar-refractivity contribution >= 4 is 17.6 Å². The summed E-state index contributed by atoms with van der Waals surface area (Å²) < 4.78 is 43.0. The molecule has 1 aromatic rings. The van der Waals surface area contributed by atoms with Crippen molar-refractivity contribution < 1.29 is 22.7 Å². The lowest BCUT2D eigenvalue weighted by atomic mass is 10.0. The molecule has 0 amide bonds. The van der Waals surface area contributed by atoms with Crippen LogP contribution >= 0.6 is 11.6 Å². The van der Waals surface area contributed by atoms with Gasteiger partial charge in [-0.25, -0.2) is 0 Å². The smallest absolute Gasteiger partial charge is 0.416 e. The van der Waals surface area contributed by atoms with Crippen LogP contribution in [0.25, 0.3) is 0 Å². The van der Waals surface area contributed by atoms with E-state index in [-0.39, 0.29) is 25.0 Å². The molecule has 0 spiro atoms. The maximum Gasteiger partial charge on any atom is 0.416 e. The van der Waals surface area contributed by atoms with Crippen LogP contribution in [0.4, 0.5) is 13.2 Å². The summed E-state index contributed by atoms with van der Waals surface area (Å²) in [5.74, 6) is -0.461. The molecule has 106 valence electrons. The van der Waals surface area contributed by atoms with Gasteiger partial charge in [0.25, 0.3) is 0 Å². The Hall–Kier alpha value is -1.23. The zero-order chi connectivity index (χ0) is 14.5. The van der Waals surface area contributed by atoms with Crippen molar-refractivity contribution in [1.29, 1.82) is 0 Å². The van der Waals surface area contributed by atoms with Gasteiger partial charge in [0.1, 0.15) is 0 Å². The van der Waals surface area contributed by atoms with Gasteiger partial charge in [-0.05, 0) is 25.0 Å². The predicted molar refractivity (Wildman–Crippen MR) is 65.9 cm³/mol. The number of halogens is 4. The van der Waals surface area contributed by atoms with Gasteiger partial charge < -0.3 is 4.74 Å². The van der Waals surface area contributed by atoms with E-state index >= 15 is 0 Å². The van der Waals surface area contributed by atoms with E-state index in [9.17, 15) is 18.0 Å². The van der Waals surface area contributed by atoms with E-state index < -0.39 is 23.1 Å². The number of carbonyl (C=O) groups is 1. The summed E-state index contributed by atoms with van der Waals surface area (Å²) >= 11 is 5.95. The summed E-state index contributed by atoms with van der Waals surface area (Å²) in [5.41, 5.74) is -0.778. The summed E-state index contributed by atoms with van der Waals surface area (Å²) in [6, 6.07) is 5.10. The van der Waals surface area contributed by atoms with Gasteiger partial charge in [0, 0.05) is 6.42 Å². The van der Waals surface area contributed by atoms with Crippen LogP contribution in [0.2, 0.25) is 0 Å². The Morgan fingerprint density at radius 3 is 2.58 bits per heavy atom. The second kappa shape index (κ2) is 6.80. The largest absolute Gasteiger partial charge is 0.466 e. The quantitative estimate of drug-likeness (QED) is 0.597. The second-order valence-corrected chi connectivity index (χ2v) is 4.42. The Balaban J connectivity index is 2.77. The molecule has 0 radical (unpaired) electrons. The topological polar surface area (TPSA) is 26.3 Å². The van der Waals surface area contributed by atoms with Gasteiger partial charge in [-0.15, -0.1) is 11.6 Å². The molecule has 0 saturated carbocycles. The highest BCUT2D eigenvalue weighted by Crippen LogP contribution is 2.38. The summed E-state index contributed by atoms with van der Waals surface area (Å²) in [6.07, 6.45) is -4.35. The van der Waals surface area contributed by atoms with Crippen LogP contribution in [-0.4, -0.2) is 12.6 Å². The molecule has 0 N–H and O–H groups in total. The van der Waals surface area contributed by atoms with Gasteiger partial charge in [-0.1, -0.05) is 18.2 Å². The molecule has 0 aromatic heterocycles. The molecule has 1 unspecified atom stereocenters. The molecule has 1 aromatic carbocycles. The minimum absolute atomic E-state index is 0.00576. The molecule has 0 heterocycles. The van der Waals surface area contributed by atoms with Crippen LogP contribution < -0.4 is 0 Å². The van der Waals surface area contributed by atoms with E-state index in [1.165, 1.54) is 18.2 Å². The minimum atomic E-state index is -4.45. The number of ether oxygens (including phenoxy) is 1. The number of hydrogen-bond donors (Lipinski definition) is 0. The van der Waals surface area contributed by atoms with E-state index in [0.717, 1.165) is 6.07 Å². The van der Waals surface area contributed by atoms with Crippen LogP contribution in [0.3, 0.4) is 0 Å². The summed E-state index contributed by atoms with van der Waals surface area (Å²) in [4.78, 5) is 11.2. The summed E-state index contributed by atoms with van der Waals surface area (Å²) in [6.45, 7) is 1.90. The van der Waals surface area contributed by atoms with Gasteiger partial charge in [-0.2, -0.15) is 13.2 Å². The van der Waals surface area contributed by atoms with Crippen molar-refractivity contribution in [2.24, 2.45) is 0 Å². The van der Waals surface area contributed by atoms with Gasteiger partial charge in [0.2, 0.25) is 0 Å². The van der Waals surface area contributed by atoms with Gasteiger partial charge >= 0.3 is 12.1 Å². The molecular formula is C13H14ClF3O2. The number of benzene rings is 1. The molecule has 0 fully saturated rings. The first kappa shape index (κ1) is 15.8. The van der Waals surface area contributed by atoms with E-state index in [1.807, 2.05) is 0 Å². The molecule has 0 aliphatic heterocycles. The fourth-order valence-electron chi connectivity index (χ4n) is 1.66. The Kier molecular flexibility index (Phi) is 5.66. The SMILES string of the molecule is CCOC(=O)CCC(Cl)c1ccccc1C(F)(F)F. The standard InChI is InChI=1S/C13H14ClF3O2/c1-2-19-12(18)8-7-11(14)9-5-3-4-6-10(9)13(15,16)17/h3-6,11H,2,7-8H2,1H3. The van der Waals surface area contributed by atoms with Crippen molar-refractivity contribution in [3.8, 4) is 0 Å². The third-order valence-corrected chi connectivity index (χ3v) is 2.96. The number of rotatable bonds is 5. The van der Waals surface area contributed by atoms with Crippen molar-refractivity contribution in [3.05, 3.63) is 35.4 Å². The Bertz CT molecular complexity index is 432. The third-order valence-electron chi connectivity index (χ3n) is 2.51. The molecule has 1 atom stereocenters. The van der Waals surface area contributed by atoms with E-state index in [2.05, 4.69) is 0 Å². The number of alkyl halides is 4. The Morgan fingerprint density at radius 2 is 2.00 bits per heavy atom. The predicted octanol–water partition coefficient (Wildman–Crippen LogP) is 4.33. The zero-order valence-corrected chi connectivity index (χ0v) is 11.1. The minimum Gasteiger partial charge on any atom is -0.466 e.